The number of aromatic nitrogens is 1. The Hall–Kier alpha value is -2.18. The van der Waals surface area contributed by atoms with Gasteiger partial charge in [-0.2, -0.15) is 0 Å². The Labute approximate surface area is 140 Å². The van der Waals surface area contributed by atoms with Crippen molar-refractivity contribution in [1.82, 2.24) is 9.88 Å². The van der Waals surface area contributed by atoms with Gasteiger partial charge in [-0.3, -0.25) is 0 Å². The van der Waals surface area contributed by atoms with Crippen molar-refractivity contribution in [2.75, 3.05) is 0 Å². The molecule has 0 spiro atoms. The summed E-state index contributed by atoms with van der Waals surface area (Å²) in [4.78, 5) is 0. The fraction of sp³-hybridized carbons (Fsp3) is 0.278. The molecule has 2 atom stereocenters. The minimum atomic E-state index is -3.53. The predicted octanol–water partition coefficient (Wildman–Crippen LogP) is 3.18. The lowest BCUT2D eigenvalue weighted by atomic mass is 10.0. The van der Waals surface area contributed by atoms with E-state index in [4.69, 9.17) is 4.52 Å². The molecule has 1 aliphatic rings. The van der Waals surface area contributed by atoms with E-state index in [2.05, 4.69) is 22.9 Å². The van der Waals surface area contributed by atoms with Gasteiger partial charge in [0.25, 0.3) is 0 Å². The topological polar surface area (TPSA) is 72.2 Å². The summed E-state index contributed by atoms with van der Waals surface area (Å²) >= 11 is 0. The molecule has 0 aliphatic heterocycles. The molecule has 0 unspecified atom stereocenters. The third kappa shape index (κ3) is 2.72. The summed E-state index contributed by atoms with van der Waals surface area (Å²) < 4.78 is 33.4. The first-order valence-electron chi connectivity index (χ1n) is 7.94. The monoisotopic (exact) mass is 342 g/mol. The number of nitrogens with zero attached hydrogens (tertiary/aromatic N) is 1. The Balaban J connectivity index is 1.60. The van der Waals surface area contributed by atoms with Crippen molar-refractivity contribution < 1.29 is 12.9 Å². The van der Waals surface area contributed by atoms with Crippen LogP contribution < -0.4 is 4.72 Å². The van der Waals surface area contributed by atoms with Gasteiger partial charge in [0.05, 0.1) is 0 Å². The van der Waals surface area contributed by atoms with E-state index in [0.29, 0.717) is 11.3 Å². The zero-order valence-corrected chi connectivity index (χ0v) is 14.1. The molecule has 1 aliphatic carbocycles. The molecule has 3 aromatic rings. The number of sulfonamides is 1. The fourth-order valence-corrected chi connectivity index (χ4v) is 4.83. The highest BCUT2D eigenvalue weighted by atomic mass is 32.2. The smallest absolute Gasteiger partial charge is 0.218 e. The first-order chi connectivity index (χ1) is 11.5. The number of benzene rings is 2. The molecule has 4 rings (SSSR count). The van der Waals surface area contributed by atoms with Crippen LogP contribution in [0.3, 0.4) is 0 Å². The molecule has 0 bridgehead atoms. The lowest BCUT2D eigenvalue weighted by Crippen LogP contribution is -2.31. The maximum Gasteiger partial charge on any atom is 0.218 e. The van der Waals surface area contributed by atoms with Crippen LogP contribution in [0.2, 0.25) is 0 Å². The van der Waals surface area contributed by atoms with E-state index < -0.39 is 10.0 Å². The second-order valence-corrected chi connectivity index (χ2v) is 8.11. The van der Waals surface area contributed by atoms with E-state index in [-0.39, 0.29) is 17.7 Å². The number of para-hydroxylation sites is 1. The Morgan fingerprint density at radius 1 is 1.17 bits per heavy atom. The first-order valence-corrected chi connectivity index (χ1v) is 9.60. The Morgan fingerprint density at radius 3 is 2.79 bits per heavy atom. The molecule has 0 radical (unpaired) electrons. The zero-order chi connectivity index (χ0) is 16.7. The standard InChI is InChI=1S/C18H18N2O3S/c1-12-10-13-6-2-3-7-14(13)18(12)20-24(21,22)11-16-15-8-4-5-9-17(15)23-19-16/h2-9,12,18,20H,10-11H2,1H3/t12-,18-/m0/s1. The van der Waals surface area contributed by atoms with Crippen LogP contribution in [-0.2, 0) is 22.2 Å². The summed E-state index contributed by atoms with van der Waals surface area (Å²) in [5, 5.41) is 4.66. The minimum Gasteiger partial charge on any atom is -0.356 e. The lowest BCUT2D eigenvalue weighted by molar-refractivity contribution is 0.445. The van der Waals surface area contributed by atoms with Gasteiger partial charge in [-0.05, 0) is 35.6 Å². The summed E-state index contributed by atoms with van der Waals surface area (Å²) in [6.45, 7) is 2.07. The molecule has 2 aromatic carbocycles. The van der Waals surface area contributed by atoms with E-state index in [1.165, 1.54) is 5.56 Å². The van der Waals surface area contributed by atoms with Crippen molar-refractivity contribution in [3.8, 4) is 0 Å². The predicted molar refractivity (Wildman–Crippen MR) is 91.8 cm³/mol. The molecule has 5 nitrogen and oxygen atoms in total. The normalized spacial score (nSPS) is 20.4. The van der Waals surface area contributed by atoms with Crippen LogP contribution in [0.4, 0.5) is 0 Å². The molecule has 0 saturated heterocycles. The molecule has 0 fully saturated rings. The maximum atomic E-state index is 12.7. The van der Waals surface area contributed by atoms with Crippen LogP contribution in [0.5, 0.6) is 0 Å². The van der Waals surface area contributed by atoms with Gasteiger partial charge in [0.2, 0.25) is 10.0 Å². The van der Waals surface area contributed by atoms with Crippen molar-refractivity contribution in [2.24, 2.45) is 5.92 Å². The maximum absolute atomic E-state index is 12.7. The number of hydrogen-bond acceptors (Lipinski definition) is 4. The Morgan fingerprint density at radius 2 is 1.92 bits per heavy atom. The van der Waals surface area contributed by atoms with Gasteiger partial charge < -0.3 is 4.52 Å². The molecule has 6 heteroatoms. The quantitative estimate of drug-likeness (QED) is 0.790. The largest absolute Gasteiger partial charge is 0.356 e. The Kier molecular flexibility index (Phi) is 3.66. The average Bonchev–Trinajstić information content (AvgIpc) is 3.09. The molecule has 0 saturated carbocycles. The molecule has 1 aromatic heterocycles. The van der Waals surface area contributed by atoms with E-state index in [9.17, 15) is 8.42 Å². The highest BCUT2D eigenvalue weighted by Gasteiger charge is 2.32. The number of hydrogen-bond donors (Lipinski definition) is 1. The van der Waals surface area contributed by atoms with Gasteiger partial charge in [0, 0.05) is 11.4 Å². The molecular weight excluding hydrogens is 324 g/mol. The molecule has 0 amide bonds. The van der Waals surface area contributed by atoms with E-state index in [1.807, 2.05) is 36.4 Å². The third-order valence-corrected chi connectivity index (χ3v) is 5.85. The van der Waals surface area contributed by atoms with Crippen molar-refractivity contribution in [2.45, 2.75) is 25.1 Å². The molecule has 1 heterocycles. The lowest BCUT2D eigenvalue weighted by Gasteiger charge is -2.18. The number of rotatable bonds is 4. The van der Waals surface area contributed by atoms with Crippen LogP contribution in [-0.4, -0.2) is 13.6 Å². The molecular formula is C18H18N2O3S. The summed E-state index contributed by atoms with van der Waals surface area (Å²) in [5.41, 5.74) is 3.32. The van der Waals surface area contributed by atoms with Crippen LogP contribution in [0.15, 0.2) is 53.1 Å². The summed E-state index contributed by atoms with van der Waals surface area (Å²) in [6, 6.07) is 15.1. The van der Waals surface area contributed by atoms with E-state index in [1.54, 1.807) is 6.07 Å². The van der Waals surface area contributed by atoms with Crippen molar-refractivity contribution >= 4 is 21.0 Å². The van der Waals surface area contributed by atoms with E-state index in [0.717, 1.165) is 17.4 Å². The SMILES string of the molecule is C[C@H]1Cc2ccccc2[C@H]1NS(=O)(=O)Cc1noc2ccccc12. The van der Waals surface area contributed by atoms with Gasteiger partial charge in [-0.25, -0.2) is 13.1 Å². The van der Waals surface area contributed by atoms with Crippen LogP contribution in [0.25, 0.3) is 11.0 Å². The van der Waals surface area contributed by atoms with E-state index >= 15 is 0 Å². The number of fused-ring (bicyclic) bond motifs is 2. The van der Waals surface area contributed by atoms with Gasteiger partial charge in [-0.1, -0.05) is 48.5 Å². The minimum absolute atomic E-state index is 0.185. The Bertz CT molecular complexity index is 994. The molecule has 1 N–H and O–H groups in total. The first kappa shape index (κ1) is 15.4. The van der Waals surface area contributed by atoms with Crippen LogP contribution >= 0.6 is 0 Å². The third-order valence-electron chi connectivity index (χ3n) is 4.59. The second-order valence-electron chi connectivity index (χ2n) is 6.36. The summed E-state index contributed by atoms with van der Waals surface area (Å²) in [5.74, 6) is 0.0429. The van der Waals surface area contributed by atoms with Crippen LogP contribution in [0.1, 0.15) is 29.8 Å². The molecule has 24 heavy (non-hydrogen) atoms. The summed E-state index contributed by atoms with van der Waals surface area (Å²) in [6.07, 6.45) is 0.885. The van der Waals surface area contributed by atoms with Gasteiger partial charge in [-0.15, -0.1) is 0 Å². The summed E-state index contributed by atoms with van der Waals surface area (Å²) in [7, 11) is -3.53. The van der Waals surface area contributed by atoms with Crippen LogP contribution in [0, 0.1) is 5.92 Å². The van der Waals surface area contributed by atoms with Crippen molar-refractivity contribution in [3.63, 3.8) is 0 Å². The average molecular weight is 342 g/mol. The van der Waals surface area contributed by atoms with Crippen molar-refractivity contribution in [3.05, 3.63) is 65.4 Å². The number of nitrogens with one attached hydrogen (secondary N) is 1. The van der Waals surface area contributed by atoms with Crippen molar-refractivity contribution in [1.29, 1.82) is 0 Å². The fourth-order valence-electron chi connectivity index (χ4n) is 3.43. The molecule has 124 valence electrons. The van der Waals surface area contributed by atoms with Gasteiger partial charge in [0.1, 0.15) is 11.4 Å². The van der Waals surface area contributed by atoms with Gasteiger partial charge in [0.15, 0.2) is 5.58 Å². The zero-order valence-electron chi connectivity index (χ0n) is 13.3. The highest BCUT2D eigenvalue weighted by molar-refractivity contribution is 7.88. The second kappa shape index (κ2) is 5.72. The highest BCUT2D eigenvalue weighted by Crippen LogP contribution is 2.36. The van der Waals surface area contributed by atoms with Gasteiger partial charge >= 0.3 is 0 Å².